The minimum absolute atomic E-state index is 0.194. The van der Waals surface area contributed by atoms with Crippen molar-refractivity contribution >= 4 is 6.09 Å². The molecule has 4 heteroatoms. The van der Waals surface area contributed by atoms with E-state index in [1.165, 1.54) is 0 Å². The number of nitrogens with zero attached hydrogens (tertiary/aromatic N) is 1. The standard InChI is InChI=1S/C12H24N2O2/c1-6-10-8-14(9(2)7-13-10)11(15)16-12(3,4)5/h9-10,13H,6-8H2,1-5H3/t9-,10?/m1/s1. The molecule has 1 aliphatic heterocycles. The lowest BCUT2D eigenvalue weighted by atomic mass is 10.1. The SMILES string of the molecule is CCC1CN(C(=O)OC(C)(C)C)[C@H](C)CN1. The molecule has 0 aliphatic carbocycles. The summed E-state index contributed by atoms with van der Waals surface area (Å²) in [5, 5.41) is 3.42. The lowest BCUT2D eigenvalue weighted by molar-refractivity contribution is 0.00952. The predicted octanol–water partition coefficient (Wildman–Crippen LogP) is 1.99. The van der Waals surface area contributed by atoms with E-state index >= 15 is 0 Å². The van der Waals surface area contributed by atoms with Gasteiger partial charge < -0.3 is 15.0 Å². The third-order valence-corrected chi connectivity index (χ3v) is 2.77. The first kappa shape index (κ1) is 13.3. The molecule has 1 unspecified atom stereocenters. The second kappa shape index (κ2) is 5.04. The van der Waals surface area contributed by atoms with Gasteiger partial charge in [-0.2, -0.15) is 0 Å². The summed E-state index contributed by atoms with van der Waals surface area (Å²) in [5.74, 6) is 0. The Morgan fingerprint density at radius 1 is 1.50 bits per heavy atom. The molecule has 0 radical (unpaired) electrons. The highest BCUT2D eigenvalue weighted by molar-refractivity contribution is 5.68. The van der Waals surface area contributed by atoms with Crippen molar-refractivity contribution in [1.29, 1.82) is 0 Å². The molecule has 0 spiro atoms. The molecular formula is C12H24N2O2. The number of amides is 1. The number of rotatable bonds is 1. The fraction of sp³-hybridized carbons (Fsp3) is 0.917. The molecule has 0 bridgehead atoms. The van der Waals surface area contributed by atoms with E-state index < -0.39 is 5.60 Å². The van der Waals surface area contributed by atoms with Gasteiger partial charge >= 0.3 is 6.09 Å². The van der Waals surface area contributed by atoms with E-state index in [-0.39, 0.29) is 12.1 Å². The maximum Gasteiger partial charge on any atom is 0.410 e. The second-order valence-corrected chi connectivity index (χ2v) is 5.50. The van der Waals surface area contributed by atoms with Crippen molar-refractivity contribution in [3.8, 4) is 0 Å². The third kappa shape index (κ3) is 3.67. The Bertz CT molecular complexity index is 248. The van der Waals surface area contributed by atoms with Crippen molar-refractivity contribution in [2.45, 2.75) is 58.7 Å². The zero-order valence-corrected chi connectivity index (χ0v) is 11.0. The van der Waals surface area contributed by atoms with Gasteiger partial charge in [-0.3, -0.25) is 0 Å². The lowest BCUT2D eigenvalue weighted by Gasteiger charge is -2.39. The van der Waals surface area contributed by atoms with Crippen LogP contribution in [-0.2, 0) is 4.74 Å². The number of carbonyl (C=O) groups excluding carboxylic acids is 1. The largest absolute Gasteiger partial charge is 0.444 e. The van der Waals surface area contributed by atoms with Crippen LogP contribution in [0, 0.1) is 0 Å². The normalized spacial score (nSPS) is 26.7. The third-order valence-electron chi connectivity index (χ3n) is 2.77. The van der Waals surface area contributed by atoms with Gasteiger partial charge in [0.15, 0.2) is 0 Å². The molecule has 2 atom stereocenters. The van der Waals surface area contributed by atoms with Gasteiger partial charge in [0.25, 0.3) is 0 Å². The molecule has 4 nitrogen and oxygen atoms in total. The van der Waals surface area contributed by atoms with Gasteiger partial charge in [0.2, 0.25) is 0 Å². The molecule has 1 heterocycles. The Morgan fingerprint density at radius 2 is 2.12 bits per heavy atom. The van der Waals surface area contributed by atoms with Crippen LogP contribution in [0.2, 0.25) is 0 Å². The van der Waals surface area contributed by atoms with E-state index in [2.05, 4.69) is 12.2 Å². The Morgan fingerprint density at radius 3 is 2.62 bits per heavy atom. The molecule has 0 aromatic carbocycles. The zero-order chi connectivity index (χ0) is 12.3. The van der Waals surface area contributed by atoms with Crippen molar-refractivity contribution < 1.29 is 9.53 Å². The first-order chi connectivity index (χ1) is 7.33. The average molecular weight is 228 g/mol. The van der Waals surface area contributed by atoms with Gasteiger partial charge in [-0.15, -0.1) is 0 Å². The topological polar surface area (TPSA) is 41.6 Å². The van der Waals surface area contributed by atoms with Gasteiger partial charge in [0, 0.05) is 25.2 Å². The van der Waals surface area contributed by atoms with Crippen molar-refractivity contribution in [3.63, 3.8) is 0 Å². The van der Waals surface area contributed by atoms with E-state index in [0.717, 1.165) is 19.5 Å². The van der Waals surface area contributed by atoms with Crippen molar-refractivity contribution in [3.05, 3.63) is 0 Å². The molecule has 1 N–H and O–H groups in total. The molecule has 94 valence electrons. The van der Waals surface area contributed by atoms with E-state index in [9.17, 15) is 4.79 Å². The van der Waals surface area contributed by atoms with E-state index in [0.29, 0.717) is 6.04 Å². The van der Waals surface area contributed by atoms with Crippen LogP contribution in [-0.4, -0.2) is 41.8 Å². The van der Waals surface area contributed by atoms with Crippen LogP contribution in [0.3, 0.4) is 0 Å². The monoisotopic (exact) mass is 228 g/mol. The number of nitrogens with one attached hydrogen (secondary N) is 1. The Balaban J connectivity index is 2.59. The van der Waals surface area contributed by atoms with E-state index in [1.54, 1.807) is 0 Å². The number of hydrogen-bond donors (Lipinski definition) is 1. The lowest BCUT2D eigenvalue weighted by Crippen LogP contribution is -2.57. The van der Waals surface area contributed by atoms with Crippen molar-refractivity contribution in [2.75, 3.05) is 13.1 Å². The molecule has 1 aliphatic rings. The fourth-order valence-corrected chi connectivity index (χ4v) is 1.78. The summed E-state index contributed by atoms with van der Waals surface area (Å²) >= 11 is 0. The van der Waals surface area contributed by atoms with Crippen LogP contribution < -0.4 is 5.32 Å². The molecule has 1 amide bonds. The summed E-state index contributed by atoms with van der Waals surface area (Å²) in [5.41, 5.74) is -0.413. The molecule has 1 fully saturated rings. The molecule has 1 saturated heterocycles. The summed E-state index contributed by atoms with van der Waals surface area (Å²) in [6, 6.07) is 0.598. The minimum Gasteiger partial charge on any atom is -0.444 e. The van der Waals surface area contributed by atoms with Crippen molar-refractivity contribution in [2.24, 2.45) is 0 Å². The van der Waals surface area contributed by atoms with Gasteiger partial charge in [0.1, 0.15) is 5.60 Å². The van der Waals surface area contributed by atoms with Crippen LogP contribution in [0.4, 0.5) is 4.79 Å². The van der Waals surface area contributed by atoms with Crippen LogP contribution in [0.15, 0.2) is 0 Å². The summed E-state index contributed by atoms with van der Waals surface area (Å²) in [7, 11) is 0. The maximum absolute atomic E-state index is 12.0. The Labute approximate surface area is 98.3 Å². The van der Waals surface area contributed by atoms with Crippen LogP contribution in [0.5, 0.6) is 0 Å². The first-order valence-corrected chi connectivity index (χ1v) is 6.06. The number of ether oxygens (including phenoxy) is 1. The van der Waals surface area contributed by atoms with E-state index in [1.807, 2.05) is 32.6 Å². The van der Waals surface area contributed by atoms with Gasteiger partial charge in [-0.05, 0) is 34.1 Å². The number of carbonyl (C=O) groups is 1. The summed E-state index contributed by atoms with van der Waals surface area (Å²) in [4.78, 5) is 13.8. The first-order valence-electron chi connectivity index (χ1n) is 6.06. The average Bonchev–Trinajstić information content (AvgIpc) is 2.15. The fourth-order valence-electron chi connectivity index (χ4n) is 1.78. The second-order valence-electron chi connectivity index (χ2n) is 5.50. The highest BCUT2D eigenvalue weighted by Gasteiger charge is 2.30. The molecule has 0 saturated carbocycles. The van der Waals surface area contributed by atoms with Crippen molar-refractivity contribution in [1.82, 2.24) is 10.2 Å². The Hall–Kier alpha value is -0.770. The molecule has 0 aromatic heterocycles. The summed E-state index contributed by atoms with van der Waals surface area (Å²) in [6.45, 7) is 11.5. The zero-order valence-electron chi connectivity index (χ0n) is 11.0. The summed E-state index contributed by atoms with van der Waals surface area (Å²) in [6.07, 6.45) is 0.839. The van der Waals surface area contributed by atoms with Crippen LogP contribution in [0.25, 0.3) is 0 Å². The molecular weight excluding hydrogens is 204 g/mol. The number of piperazine rings is 1. The van der Waals surface area contributed by atoms with Crippen LogP contribution >= 0.6 is 0 Å². The summed E-state index contributed by atoms with van der Waals surface area (Å²) < 4.78 is 5.40. The maximum atomic E-state index is 12.0. The van der Waals surface area contributed by atoms with Crippen LogP contribution in [0.1, 0.15) is 41.0 Å². The molecule has 1 rings (SSSR count). The highest BCUT2D eigenvalue weighted by atomic mass is 16.6. The predicted molar refractivity (Wildman–Crippen MR) is 64.5 cm³/mol. The Kier molecular flexibility index (Phi) is 4.19. The minimum atomic E-state index is -0.413. The smallest absolute Gasteiger partial charge is 0.410 e. The number of hydrogen-bond acceptors (Lipinski definition) is 3. The quantitative estimate of drug-likeness (QED) is 0.746. The van der Waals surface area contributed by atoms with Gasteiger partial charge in [-0.25, -0.2) is 4.79 Å². The molecule has 0 aromatic rings. The molecule has 16 heavy (non-hydrogen) atoms. The highest BCUT2D eigenvalue weighted by Crippen LogP contribution is 2.15. The van der Waals surface area contributed by atoms with E-state index in [4.69, 9.17) is 4.74 Å². The van der Waals surface area contributed by atoms with Gasteiger partial charge in [0.05, 0.1) is 0 Å². The van der Waals surface area contributed by atoms with Gasteiger partial charge in [-0.1, -0.05) is 6.92 Å².